The molecule has 0 unspecified atom stereocenters. The van der Waals surface area contributed by atoms with E-state index in [0.29, 0.717) is 0 Å². The Bertz CT molecular complexity index is 151. The van der Waals surface area contributed by atoms with Crippen molar-refractivity contribution >= 4 is 0 Å². The molecule has 2 atom stereocenters. The van der Waals surface area contributed by atoms with Crippen LogP contribution in [0.3, 0.4) is 0 Å². The van der Waals surface area contributed by atoms with E-state index in [9.17, 15) is 0 Å². The first-order chi connectivity index (χ1) is 5.77. The maximum absolute atomic E-state index is 2.73. The average Bonchev–Trinajstić information content (AvgIpc) is 1.93. The molecule has 1 aliphatic heterocycles. The monoisotopic (exact) mass is 167 g/mol. The number of rotatable bonds is 1. The summed E-state index contributed by atoms with van der Waals surface area (Å²) >= 11 is 0. The van der Waals surface area contributed by atoms with Crippen molar-refractivity contribution in [3.05, 3.63) is 0 Å². The van der Waals surface area contributed by atoms with Crippen LogP contribution in [0.25, 0.3) is 0 Å². The van der Waals surface area contributed by atoms with Crippen molar-refractivity contribution in [3.8, 4) is 0 Å². The van der Waals surface area contributed by atoms with Crippen LogP contribution in [0.15, 0.2) is 0 Å². The van der Waals surface area contributed by atoms with Gasteiger partial charge in [-0.3, -0.25) is 0 Å². The third-order valence-corrected chi connectivity index (χ3v) is 3.96. The summed E-state index contributed by atoms with van der Waals surface area (Å²) in [6.07, 6.45) is 5.85. The second-order valence-corrected chi connectivity index (χ2v) is 4.82. The predicted octanol–water partition coefficient (Wildman–Crippen LogP) is 2.52. The highest BCUT2D eigenvalue weighted by atomic mass is 15.2. The SMILES string of the molecule is C[C@H]1CCN(C2CCC2)C[C@@H]1C. The Morgan fingerprint density at radius 3 is 2.25 bits per heavy atom. The summed E-state index contributed by atoms with van der Waals surface area (Å²) in [6.45, 7) is 7.56. The number of hydrogen-bond donors (Lipinski definition) is 0. The van der Waals surface area contributed by atoms with Crippen LogP contribution in [0.5, 0.6) is 0 Å². The summed E-state index contributed by atoms with van der Waals surface area (Å²) in [5.41, 5.74) is 0. The molecule has 0 spiro atoms. The van der Waals surface area contributed by atoms with Crippen LogP contribution >= 0.6 is 0 Å². The molecule has 0 aromatic carbocycles. The minimum absolute atomic E-state index is 0.930. The van der Waals surface area contributed by atoms with Crippen molar-refractivity contribution in [2.75, 3.05) is 13.1 Å². The normalized spacial score (nSPS) is 39.5. The molecule has 0 amide bonds. The molecule has 1 saturated heterocycles. The van der Waals surface area contributed by atoms with Gasteiger partial charge in [-0.2, -0.15) is 0 Å². The van der Waals surface area contributed by atoms with E-state index in [-0.39, 0.29) is 0 Å². The largest absolute Gasteiger partial charge is 0.300 e. The van der Waals surface area contributed by atoms with Gasteiger partial charge in [-0.25, -0.2) is 0 Å². The van der Waals surface area contributed by atoms with Gasteiger partial charge in [0.05, 0.1) is 0 Å². The van der Waals surface area contributed by atoms with Crippen LogP contribution in [-0.4, -0.2) is 24.0 Å². The van der Waals surface area contributed by atoms with Crippen LogP contribution in [0, 0.1) is 11.8 Å². The quantitative estimate of drug-likeness (QED) is 0.580. The van der Waals surface area contributed by atoms with E-state index in [2.05, 4.69) is 18.7 Å². The zero-order valence-electron chi connectivity index (χ0n) is 8.42. The number of nitrogens with zero attached hydrogens (tertiary/aromatic N) is 1. The maximum Gasteiger partial charge on any atom is 0.00953 e. The first-order valence-electron chi connectivity index (χ1n) is 5.51. The molecule has 0 N–H and O–H groups in total. The van der Waals surface area contributed by atoms with Crippen LogP contribution in [0.4, 0.5) is 0 Å². The maximum atomic E-state index is 2.73. The topological polar surface area (TPSA) is 3.24 Å². The van der Waals surface area contributed by atoms with Crippen molar-refractivity contribution in [1.29, 1.82) is 0 Å². The summed E-state index contributed by atoms with van der Waals surface area (Å²) in [5, 5.41) is 0. The molecule has 0 radical (unpaired) electrons. The molecular weight excluding hydrogens is 146 g/mol. The molecule has 1 saturated carbocycles. The Labute approximate surface area is 76.1 Å². The number of piperidine rings is 1. The van der Waals surface area contributed by atoms with E-state index in [0.717, 1.165) is 17.9 Å². The van der Waals surface area contributed by atoms with Gasteiger partial charge >= 0.3 is 0 Å². The van der Waals surface area contributed by atoms with Crippen molar-refractivity contribution < 1.29 is 0 Å². The van der Waals surface area contributed by atoms with Gasteiger partial charge in [0.2, 0.25) is 0 Å². The summed E-state index contributed by atoms with van der Waals surface area (Å²) < 4.78 is 0. The minimum atomic E-state index is 0.930. The standard InChI is InChI=1S/C11H21N/c1-9-6-7-12(8-10(9)2)11-4-3-5-11/h9-11H,3-8H2,1-2H3/t9-,10-/m0/s1. The van der Waals surface area contributed by atoms with E-state index in [4.69, 9.17) is 0 Å². The summed E-state index contributed by atoms with van der Waals surface area (Å²) in [5.74, 6) is 1.89. The highest BCUT2D eigenvalue weighted by molar-refractivity contribution is 4.85. The highest BCUT2D eigenvalue weighted by Crippen LogP contribution is 2.30. The van der Waals surface area contributed by atoms with Gasteiger partial charge in [0.15, 0.2) is 0 Å². The lowest BCUT2D eigenvalue weighted by Gasteiger charge is -2.43. The molecule has 70 valence electrons. The van der Waals surface area contributed by atoms with Crippen molar-refractivity contribution in [3.63, 3.8) is 0 Å². The van der Waals surface area contributed by atoms with Crippen LogP contribution < -0.4 is 0 Å². The van der Waals surface area contributed by atoms with E-state index >= 15 is 0 Å². The minimum Gasteiger partial charge on any atom is -0.300 e. The van der Waals surface area contributed by atoms with Gasteiger partial charge in [-0.05, 0) is 37.6 Å². The highest BCUT2D eigenvalue weighted by Gasteiger charge is 2.30. The summed E-state index contributed by atoms with van der Waals surface area (Å²) in [6, 6.07) is 0.972. The molecule has 2 aliphatic rings. The summed E-state index contributed by atoms with van der Waals surface area (Å²) in [4.78, 5) is 2.73. The Kier molecular flexibility index (Phi) is 2.40. The molecule has 0 bridgehead atoms. The number of likely N-dealkylation sites (tertiary alicyclic amines) is 1. The fraction of sp³-hybridized carbons (Fsp3) is 1.00. The zero-order chi connectivity index (χ0) is 8.55. The fourth-order valence-corrected chi connectivity index (χ4v) is 2.38. The van der Waals surface area contributed by atoms with E-state index in [1.807, 2.05) is 0 Å². The second kappa shape index (κ2) is 3.37. The zero-order valence-corrected chi connectivity index (χ0v) is 8.42. The lowest BCUT2D eigenvalue weighted by Crippen LogP contribution is -2.47. The molecule has 1 nitrogen and oxygen atoms in total. The molecule has 0 aromatic rings. The van der Waals surface area contributed by atoms with E-state index < -0.39 is 0 Å². The third kappa shape index (κ3) is 1.52. The molecule has 2 rings (SSSR count). The Morgan fingerprint density at radius 1 is 1.00 bits per heavy atom. The first kappa shape index (κ1) is 8.55. The molecule has 1 heteroatoms. The smallest absolute Gasteiger partial charge is 0.00953 e. The van der Waals surface area contributed by atoms with Gasteiger partial charge in [-0.1, -0.05) is 20.3 Å². The Morgan fingerprint density at radius 2 is 1.75 bits per heavy atom. The third-order valence-electron chi connectivity index (χ3n) is 3.96. The Balaban J connectivity index is 1.84. The van der Waals surface area contributed by atoms with Gasteiger partial charge in [0.1, 0.15) is 0 Å². The van der Waals surface area contributed by atoms with Gasteiger partial charge < -0.3 is 4.90 Å². The molecule has 1 heterocycles. The first-order valence-corrected chi connectivity index (χ1v) is 5.51. The van der Waals surface area contributed by atoms with Gasteiger partial charge in [-0.15, -0.1) is 0 Å². The van der Waals surface area contributed by atoms with Crippen LogP contribution in [0.1, 0.15) is 39.5 Å². The average molecular weight is 167 g/mol. The van der Waals surface area contributed by atoms with Gasteiger partial charge in [0, 0.05) is 12.6 Å². The van der Waals surface area contributed by atoms with Crippen molar-refractivity contribution in [2.45, 2.75) is 45.6 Å². The predicted molar refractivity (Wildman–Crippen MR) is 52.2 cm³/mol. The van der Waals surface area contributed by atoms with Crippen molar-refractivity contribution in [1.82, 2.24) is 4.90 Å². The molecule has 0 aromatic heterocycles. The van der Waals surface area contributed by atoms with E-state index in [1.54, 1.807) is 0 Å². The fourth-order valence-electron chi connectivity index (χ4n) is 2.38. The number of hydrogen-bond acceptors (Lipinski definition) is 1. The second-order valence-electron chi connectivity index (χ2n) is 4.82. The lowest BCUT2D eigenvalue weighted by atomic mass is 9.84. The molecule has 1 aliphatic carbocycles. The van der Waals surface area contributed by atoms with Crippen LogP contribution in [-0.2, 0) is 0 Å². The lowest BCUT2D eigenvalue weighted by molar-refractivity contribution is 0.0581. The summed E-state index contributed by atoms with van der Waals surface area (Å²) in [7, 11) is 0. The Hall–Kier alpha value is -0.0400. The van der Waals surface area contributed by atoms with Gasteiger partial charge in [0.25, 0.3) is 0 Å². The van der Waals surface area contributed by atoms with E-state index in [1.165, 1.54) is 38.8 Å². The molecular formula is C11H21N. The van der Waals surface area contributed by atoms with Crippen molar-refractivity contribution in [2.24, 2.45) is 11.8 Å². The molecule has 12 heavy (non-hydrogen) atoms. The molecule has 2 fully saturated rings. The van der Waals surface area contributed by atoms with Crippen LogP contribution in [0.2, 0.25) is 0 Å².